The summed E-state index contributed by atoms with van der Waals surface area (Å²) in [6, 6.07) is 16.9. The lowest BCUT2D eigenvalue weighted by Crippen LogP contribution is -2.27. The van der Waals surface area contributed by atoms with Gasteiger partial charge in [0.25, 0.3) is 5.69 Å². The van der Waals surface area contributed by atoms with Crippen molar-refractivity contribution < 1.29 is 9.72 Å². The number of anilines is 1. The molecule has 2 aromatic heterocycles. The number of nitro benzene ring substituents is 1. The van der Waals surface area contributed by atoms with Crippen LogP contribution in [0.15, 0.2) is 71.7 Å². The summed E-state index contributed by atoms with van der Waals surface area (Å²) in [5.41, 5.74) is 2.63. The molecule has 0 saturated carbocycles. The maximum absolute atomic E-state index is 13.3. The van der Waals surface area contributed by atoms with Gasteiger partial charge in [0.15, 0.2) is 5.65 Å². The van der Waals surface area contributed by atoms with Crippen LogP contribution in [-0.4, -0.2) is 31.5 Å². The Morgan fingerprint density at radius 2 is 1.88 bits per heavy atom. The lowest BCUT2D eigenvalue weighted by molar-refractivity contribution is -0.384. The number of carbonyl (C=O) groups is 1. The van der Waals surface area contributed by atoms with Gasteiger partial charge in [0.05, 0.1) is 22.7 Å². The highest BCUT2D eigenvalue weighted by Gasteiger charge is 2.18. The minimum Gasteiger partial charge on any atom is -0.313 e. The fourth-order valence-electron chi connectivity index (χ4n) is 3.77. The number of hydrogen-bond donors (Lipinski definition) is 0. The zero-order valence-corrected chi connectivity index (χ0v) is 17.6. The number of aromatic nitrogens is 3. The van der Waals surface area contributed by atoms with Crippen LogP contribution in [0, 0.1) is 10.1 Å². The second kappa shape index (κ2) is 8.46. The molecule has 162 valence electrons. The summed E-state index contributed by atoms with van der Waals surface area (Å²) in [5.74, 6) is -0.0393. The Bertz CT molecular complexity index is 1370. The lowest BCUT2D eigenvalue weighted by Gasteiger charge is -2.19. The fourth-order valence-corrected chi connectivity index (χ4v) is 3.77. The minimum atomic E-state index is -0.497. The van der Waals surface area contributed by atoms with Crippen molar-refractivity contribution in [2.45, 2.75) is 20.4 Å². The summed E-state index contributed by atoms with van der Waals surface area (Å²) < 4.78 is 2.96. The molecule has 0 fully saturated rings. The molecular weight excluding hydrogens is 410 g/mol. The van der Waals surface area contributed by atoms with E-state index in [4.69, 9.17) is 0 Å². The third-order valence-electron chi connectivity index (χ3n) is 5.27. The summed E-state index contributed by atoms with van der Waals surface area (Å²) in [6.07, 6.45) is 1.58. The molecule has 0 radical (unpaired) electrons. The largest absolute Gasteiger partial charge is 0.335 e. The van der Waals surface area contributed by atoms with Gasteiger partial charge in [-0.1, -0.05) is 18.2 Å². The zero-order chi connectivity index (χ0) is 22.8. The molecule has 0 aliphatic heterocycles. The quantitative estimate of drug-likeness (QED) is 0.343. The smallest absolute Gasteiger partial charge is 0.313 e. The normalized spacial score (nSPS) is 10.9. The standard InChI is InChI=1S/C23H21N5O4/c1-3-25(16(2)29)18-11-9-17(10-12-18)15-26-21-8-5-13-24-22(21)27(23(26)30)19-6-4-7-20(14-19)28(31)32/h4-14H,3,15H2,1-2H3. The van der Waals surface area contributed by atoms with E-state index in [0.29, 0.717) is 23.4 Å². The number of amides is 1. The monoisotopic (exact) mass is 431 g/mol. The van der Waals surface area contributed by atoms with Crippen molar-refractivity contribution in [3.8, 4) is 5.69 Å². The van der Waals surface area contributed by atoms with Crippen molar-refractivity contribution in [3.05, 3.63) is 93.0 Å². The zero-order valence-electron chi connectivity index (χ0n) is 17.6. The van der Waals surface area contributed by atoms with Gasteiger partial charge in [0, 0.05) is 37.5 Å². The number of nitro groups is 1. The van der Waals surface area contributed by atoms with Gasteiger partial charge in [-0.2, -0.15) is 0 Å². The van der Waals surface area contributed by atoms with E-state index in [1.165, 1.54) is 23.6 Å². The third kappa shape index (κ3) is 3.76. The molecule has 1 amide bonds. The molecule has 9 heteroatoms. The van der Waals surface area contributed by atoms with E-state index in [0.717, 1.165) is 11.3 Å². The Morgan fingerprint density at radius 1 is 1.12 bits per heavy atom. The Hall–Kier alpha value is -4.27. The van der Waals surface area contributed by atoms with E-state index in [-0.39, 0.29) is 23.8 Å². The lowest BCUT2D eigenvalue weighted by atomic mass is 10.2. The van der Waals surface area contributed by atoms with Crippen LogP contribution in [0.5, 0.6) is 0 Å². The van der Waals surface area contributed by atoms with E-state index < -0.39 is 4.92 Å². The molecule has 32 heavy (non-hydrogen) atoms. The van der Waals surface area contributed by atoms with E-state index in [9.17, 15) is 19.7 Å². The van der Waals surface area contributed by atoms with Gasteiger partial charge in [-0.05, 0) is 42.8 Å². The number of non-ortho nitro benzene ring substituents is 1. The molecule has 0 aliphatic carbocycles. The number of rotatable bonds is 6. The minimum absolute atomic E-state index is 0.0393. The number of pyridine rings is 1. The van der Waals surface area contributed by atoms with Crippen molar-refractivity contribution in [2.75, 3.05) is 11.4 Å². The molecule has 4 rings (SSSR count). The third-order valence-corrected chi connectivity index (χ3v) is 5.27. The molecule has 0 unspecified atom stereocenters. The Balaban J connectivity index is 1.77. The number of carbonyl (C=O) groups excluding carboxylic acids is 1. The number of nitrogens with zero attached hydrogens (tertiary/aromatic N) is 5. The van der Waals surface area contributed by atoms with E-state index >= 15 is 0 Å². The van der Waals surface area contributed by atoms with Crippen molar-refractivity contribution in [2.24, 2.45) is 0 Å². The highest BCUT2D eigenvalue weighted by atomic mass is 16.6. The molecular formula is C23H21N5O4. The van der Waals surface area contributed by atoms with Gasteiger partial charge in [0.2, 0.25) is 5.91 Å². The molecule has 0 bridgehead atoms. The SMILES string of the molecule is CCN(C(C)=O)c1ccc(Cn2c(=O)n(-c3cccc([N+](=O)[O-])c3)c3ncccc32)cc1. The molecule has 0 spiro atoms. The summed E-state index contributed by atoms with van der Waals surface area (Å²) in [6.45, 7) is 4.28. The highest BCUT2D eigenvalue weighted by molar-refractivity contribution is 5.91. The van der Waals surface area contributed by atoms with Gasteiger partial charge in [-0.15, -0.1) is 0 Å². The van der Waals surface area contributed by atoms with Crippen molar-refractivity contribution in [3.63, 3.8) is 0 Å². The predicted molar refractivity (Wildman–Crippen MR) is 121 cm³/mol. The first kappa shape index (κ1) is 21.0. The molecule has 2 heterocycles. The van der Waals surface area contributed by atoms with Crippen molar-refractivity contribution >= 4 is 28.4 Å². The maximum Gasteiger partial charge on any atom is 0.335 e. The van der Waals surface area contributed by atoms with Gasteiger partial charge < -0.3 is 4.90 Å². The van der Waals surface area contributed by atoms with Crippen LogP contribution in [0.2, 0.25) is 0 Å². The van der Waals surface area contributed by atoms with E-state index in [1.807, 2.05) is 31.2 Å². The summed E-state index contributed by atoms with van der Waals surface area (Å²) in [7, 11) is 0. The number of imidazole rings is 1. The van der Waals surface area contributed by atoms with Gasteiger partial charge in [0.1, 0.15) is 0 Å². The van der Waals surface area contributed by atoms with Crippen LogP contribution < -0.4 is 10.6 Å². The molecule has 0 atom stereocenters. The van der Waals surface area contributed by atoms with Crippen LogP contribution in [-0.2, 0) is 11.3 Å². The fraction of sp³-hybridized carbons (Fsp3) is 0.174. The summed E-state index contributed by atoms with van der Waals surface area (Å²) in [5, 5.41) is 11.2. The second-order valence-corrected chi connectivity index (χ2v) is 7.26. The van der Waals surface area contributed by atoms with Crippen molar-refractivity contribution in [1.82, 2.24) is 14.1 Å². The Labute approximate surface area is 183 Å². The van der Waals surface area contributed by atoms with Crippen LogP contribution >= 0.6 is 0 Å². The topological polar surface area (TPSA) is 103 Å². The number of fused-ring (bicyclic) bond motifs is 1. The van der Waals surface area contributed by atoms with Crippen LogP contribution in [0.4, 0.5) is 11.4 Å². The summed E-state index contributed by atoms with van der Waals surface area (Å²) in [4.78, 5) is 41.8. The van der Waals surface area contributed by atoms with Crippen LogP contribution in [0.1, 0.15) is 19.4 Å². The molecule has 0 aliphatic rings. The van der Waals surface area contributed by atoms with Crippen LogP contribution in [0.3, 0.4) is 0 Å². The van der Waals surface area contributed by atoms with Crippen molar-refractivity contribution in [1.29, 1.82) is 0 Å². The molecule has 0 saturated heterocycles. The molecule has 4 aromatic rings. The van der Waals surface area contributed by atoms with Gasteiger partial charge in [-0.3, -0.25) is 19.5 Å². The first-order chi connectivity index (χ1) is 15.4. The van der Waals surface area contributed by atoms with Gasteiger partial charge in [-0.25, -0.2) is 14.3 Å². The van der Waals surface area contributed by atoms with E-state index in [2.05, 4.69) is 4.98 Å². The Kier molecular flexibility index (Phi) is 5.55. The Morgan fingerprint density at radius 3 is 2.53 bits per heavy atom. The van der Waals surface area contributed by atoms with Crippen LogP contribution in [0.25, 0.3) is 16.9 Å². The summed E-state index contributed by atoms with van der Waals surface area (Å²) >= 11 is 0. The highest BCUT2D eigenvalue weighted by Crippen LogP contribution is 2.21. The average molecular weight is 431 g/mol. The molecule has 0 N–H and O–H groups in total. The second-order valence-electron chi connectivity index (χ2n) is 7.26. The molecule has 2 aromatic carbocycles. The van der Waals surface area contributed by atoms with Gasteiger partial charge >= 0.3 is 5.69 Å². The predicted octanol–water partition coefficient (Wildman–Crippen LogP) is 3.52. The number of benzene rings is 2. The first-order valence-corrected chi connectivity index (χ1v) is 10.1. The van der Waals surface area contributed by atoms with E-state index in [1.54, 1.807) is 39.9 Å². The molecule has 9 nitrogen and oxygen atoms in total. The average Bonchev–Trinajstić information content (AvgIpc) is 3.06. The number of hydrogen-bond acceptors (Lipinski definition) is 5. The maximum atomic E-state index is 13.3. The first-order valence-electron chi connectivity index (χ1n) is 10.1.